The van der Waals surface area contributed by atoms with Crippen LogP contribution in [0.2, 0.25) is 0 Å². The third-order valence-corrected chi connectivity index (χ3v) is 6.98. The molecule has 0 bridgehead atoms. The van der Waals surface area contributed by atoms with Gasteiger partial charge in [-0.1, -0.05) is 6.07 Å². The molecule has 148 valence electrons. The summed E-state index contributed by atoms with van der Waals surface area (Å²) in [5.41, 5.74) is 0.158. The molecule has 1 aromatic rings. The monoisotopic (exact) mass is 396 g/mol. The molecule has 2 aliphatic rings. The van der Waals surface area contributed by atoms with Crippen LogP contribution in [0.1, 0.15) is 29.6 Å². The number of nitrogens with zero attached hydrogens (tertiary/aromatic N) is 1. The van der Waals surface area contributed by atoms with Crippen LogP contribution in [-0.4, -0.2) is 63.7 Å². The van der Waals surface area contributed by atoms with E-state index < -0.39 is 16.0 Å². The Kier molecular flexibility index (Phi) is 5.55. The van der Waals surface area contributed by atoms with E-state index in [0.717, 1.165) is 0 Å². The second kappa shape index (κ2) is 7.57. The van der Waals surface area contributed by atoms with Gasteiger partial charge in [0.25, 0.3) is 5.91 Å². The van der Waals surface area contributed by atoms with Crippen LogP contribution < -0.4 is 4.72 Å². The SMILES string of the molecule is COCCNS(=O)(=O)c1cccc(C(=O)N2CCC3(CC2)CC3C(=O)O)c1. The van der Waals surface area contributed by atoms with E-state index in [2.05, 4.69) is 4.72 Å². The molecule has 0 radical (unpaired) electrons. The molecule has 27 heavy (non-hydrogen) atoms. The molecule has 1 unspecified atom stereocenters. The first-order valence-corrected chi connectivity index (χ1v) is 10.4. The predicted octanol–water partition coefficient (Wildman–Crippen LogP) is 0.938. The van der Waals surface area contributed by atoms with Crippen LogP contribution in [0.4, 0.5) is 0 Å². The molecule has 9 heteroatoms. The topological polar surface area (TPSA) is 113 Å². The zero-order valence-corrected chi connectivity index (χ0v) is 16.0. The van der Waals surface area contributed by atoms with Crippen LogP contribution in [0.3, 0.4) is 0 Å². The third kappa shape index (κ3) is 4.15. The standard InChI is InChI=1S/C18H24N2O6S/c1-26-10-7-19-27(24,25)14-4-2-3-13(11-14)16(21)20-8-5-18(6-9-20)12-15(18)17(22)23/h2-4,11,15,19H,5-10,12H2,1H3,(H,22,23). The second-order valence-electron chi connectivity index (χ2n) is 7.17. The van der Waals surface area contributed by atoms with Gasteiger partial charge in [0, 0.05) is 32.3 Å². The summed E-state index contributed by atoms with van der Waals surface area (Å²) < 4.78 is 31.9. The molecular formula is C18H24N2O6S. The lowest BCUT2D eigenvalue weighted by atomic mass is 9.90. The summed E-state index contributed by atoms with van der Waals surface area (Å²) in [5.74, 6) is -1.28. The first-order valence-electron chi connectivity index (χ1n) is 8.90. The van der Waals surface area contributed by atoms with Crippen molar-refractivity contribution in [2.24, 2.45) is 11.3 Å². The van der Waals surface area contributed by atoms with Crippen LogP contribution in [0.25, 0.3) is 0 Å². The van der Waals surface area contributed by atoms with Gasteiger partial charge in [0.15, 0.2) is 0 Å². The number of benzene rings is 1. The fourth-order valence-electron chi connectivity index (χ4n) is 3.74. The van der Waals surface area contributed by atoms with E-state index in [-0.39, 0.29) is 35.3 Å². The summed E-state index contributed by atoms with van der Waals surface area (Å²) in [6.07, 6.45) is 2.03. The summed E-state index contributed by atoms with van der Waals surface area (Å²) in [4.78, 5) is 25.6. The quantitative estimate of drug-likeness (QED) is 0.663. The number of hydrogen-bond acceptors (Lipinski definition) is 5. The summed E-state index contributed by atoms with van der Waals surface area (Å²) in [7, 11) is -2.23. The van der Waals surface area contributed by atoms with Crippen LogP contribution in [0.5, 0.6) is 0 Å². The number of piperidine rings is 1. The normalized spacial score (nSPS) is 21.2. The average Bonchev–Trinajstić information content (AvgIpc) is 3.36. The number of nitrogens with one attached hydrogen (secondary N) is 1. The minimum Gasteiger partial charge on any atom is -0.481 e. The van der Waals surface area contributed by atoms with Gasteiger partial charge >= 0.3 is 5.97 Å². The van der Waals surface area contributed by atoms with E-state index >= 15 is 0 Å². The lowest BCUT2D eigenvalue weighted by Crippen LogP contribution is -2.40. The van der Waals surface area contributed by atoms with Gasteiger partial charge in [-0.3, -0.25) is 9.59 Å². The van der Waals surface area contributed by atoms with Crippen LogP contribution >= 0.6 is 0 Å². The molecular weight excluding hydrogens is 372 g/mol. The molecule has 1 heterocycles. The number of carboxylic acid groups (broad SMARTS) is 1. The van der Waals surface area contributed by atoms with Crippen molar-refractivity contribution in [2.75, 3.05) is 33.4 Å². The number of sulfonamides is 1. The Morgan fingerprint density at radius 3 is 2.63 bits per heavy atom. The highest BCUT2D eigenvalue weighted by Gasteiger charge is 2.59. The Bertz CT molecular complexity index is 830. The van der Waals surface area contributed by atoms with Crippen molar-refractivity contribution >= 4 is 21.9 Å². The largest absolute Gasteiger partial charge is 0.481 e. The number of methoxy groups -OCH3 is 1. The van der Waals surface area contributed by atoms with Crippen LogP contribution in [-0.2, 0) is 19.6 Å². The van der Waals surface area contributed by atoms with E-state index in [1.165, 1.54) is 19.2 Å². The van der Waals surface area contributed by atoms with Gasteiger partial charge in [-0.25, -0.2) is 13.1 Å². The minimum atomic E-state index is -3.71. The Morgan fingerprint density at radius 2 is 2.04 bits per heavy atom. The molecule has 1 aromatic carbocycles. The van der Waals surface area contributed by atoms with Crippen molar-refractivity contribution in [3.05, 3.63) is 29.8 Å². The van der Waals surface area contributed by atoms with Crippen LogP contribution in [0.15, 0.2) is 29.2 Å². The molecule has 8 nitrogen and oxygen atoms in total. The molecule has 3 rings (SSSR count). The molecule has 1 aliphatic carbocycles. The Balaban J connectivity index is 1.65. The Morgan fingerprint density at radius 1 is 1.33 bits per heavy atom. The van der Waals surface area contributed by atoms with Crippen molar-refractivity contribution in [2.45, 2.75) is 24.2 Å². The zero-order chi connectivity index (χ0) is 19.7. The lowest BCUT2D eigenvalue weighted by molar-refractivity contribution is -0.139. The van der Waals surface area contributed by atoms with Crippen molar-refractivity contribution < 1.29 is 27.9 Å². The van der Waals surface area contributed by atoms with E-state index in [0.29, 0.717) is 37.9 Å². The number of amides is 1. The van der Waals surface area contributed by atoms with Crippen molar-refractivity contribution in [3.8, 4) is 0 Å². The fourth-order valence-corrected chi connectivity index (χ4v) is 4.80. The molecule has 1 spiro atoms. The van der Waals surface area contributed by atoms with E-state index in [1.54, 1.807) is 17.0 Å². The number of rotatable bonds is 7. The van der Waals surface area contributed by atoms with Gasteiger partial charge in [0.2, 0.25) is 10.0 Å². The fraction of sp³-hybridized carbons (Fsp3) is 0.556. The smallest absolute Gasteiger partial charge is 0.307 e. The molecule has 0 aromatic heterocycles. The lowest BCUT2D eigenvalue weighted by Gasteiger charge is -2.32. The number of ether oxygens (including phenoxy) is 1. The van der Waals surface area contributed by atoms with E-state index in [4.69, 9.17) is 9.84 Å². The highest BCUT2D eigenvalue weighted by Crippen LogP contribution is 2.59. The maximum atomic E-state index is 12.8. The maximum absolute atomic E-state index is 12.8. The first-order chi connectivity index (χ1) is 12.8. The number of carboxylic acids is 1. The van der Waals surface area contributed by atoms with Gasteiger partial charge in [-0.15, -0.1) is 0 Å². The molecule has 1 saturated heterocycles. The van der Waals surface area contributed by atoms with Gasteiger partial charge in [-0.2, -0.15) is 0 Å². The Labute approximate surface area is 158 Å². The van der Waals surface area contributed by atoms with Gasteiger partial charge in [0.1, 0.15) is 0 Å². The minimum absolute atomic E-state index is 0.0334. The Hall–Kier alpha value is -1.97. The van der Waals surface area contributed by atoms with E-state index in [1.807, 2.05) is 0 Å². The summed E-state index contributed by atoms with van der Waals surface area (Å²) in [5, 5.41) is 9.16. The maximum Gasteiger partial charge on any atom is 0.307 e. The molecule has 1 aliphatic heterocycles. The third-order valence-electron chi connectivity index (χ3n) is 5.52. The number of carbonyl (C=O) groups is 2. The van der Waals surface area contributed by atoms with Crippen LogP contribution in [0, 0.1) is 11.3 Å². The van der Waals surface area contributed by atoms with Crippen molar-refractivity contribution in [3.63, 3.8) is 0 Å². The van der Waals surface area contributed by atoms with Gasteiger partial charge < -0.3 is 14.7 Å². The molecule has 2 fully saturated rings. The zero-order valence-electron chi connectivity index (χ0n) is 15.2. The number of aliphatic carboxylic acids is 1. The predicted molar refractivity (Wildman–Crippen MR) is 96.8 cm³/mol. The summed E-state index contributed by atoms with van der Waals surface area (Å²) >= 11 is 0. The van der Waals surface area contributed by atoms with Gasteiger partial charge in [0.05, 0.1) is 17.4 Å². The molecule has 1 amide bonds. The molecule has 1 saturated carbocycles. The van der Waals surface area contributed by atoms with Crippen molar-refractivity contribution in [1.82, 2.24) is 9.62 Å². The average molecular weight is 396 g/mol. The number of carbonyl (C=O) groups excluding carboxylic acids is 1. The number of hydrogen-bond donors (Lipinski definition) is 2. The van der Waals surface area contributed by atoms with Gasteiger partial charge in [-0.05, 0) is 42.9 Å². The highest BCUT2D eigenvalue weighted by molar-refractivity contribution is 7.89. The first kappa shape index (κ1) is 19.8. The van der Waals surface area contributed by atoms with E-state index in [9.17, 15) is 18.0 Å². The highest BCUT2D eigenvalue weighted by atomic mass is 32.2. The second-order valence-corrected chi connectivity index (χ2v) is 8.93. The van der Waals surface area contributed by atoms with Crippen molar-refractivity contribution in [1.29, 1.82) is 0 Å². The molecule has 2 N–H and O–H groups in total. The number of likely N-dealkylation sites (tertiary alicyclic amines) is 1. The summed E-state index contributed by atoms with van der Waals surface area (Å²) in [6, 6.07) is 5.96. The molecule has 1 atom stereocenters. The summed E-state index contributed by atoms with van der Waals surface area (Å²) in [6.45, 7) is 1.39.